The minimum absolute atomic E-state index is 0.0665. The molecule has 36 heavy (non-hydrogen) atoms. The van der Waals surface area contributed by atoms with Gasteiger partial charge in [0.1, 0.15) is 11.5 Å². The van der Waals surface area contributed by atoms with Gasteiger partial charge in [-0.1, -0.05) is 6.42 Å². The van der Waals surface area contributed by atoms with Crippen molar-refractivity contribution in [3.05, 3.63) is 63.6 Å². The Morgan fingerprint density at radius 1 is 1.17 bits per heavy atom. The summed E-state index contributed by atoms with van der Waals surface area (Å²) in [6.45, 7) is 1.96. The lowest BCUT2D eigenvalue weighted by Crippen LogP contribution is -2.28. The predicted molar refractivity (Wildman–Crippen MR) is 134 cm³/mol. The van der Waals surface area contributed by atoms with Gasteiger partial charge < -0.3 is 25.0 Å². The molecule has 1 heterocycles. The summed E-state index contributed by atoms with van der Waals surface area (Å²) in [6, 6.07) is 8.84. The van der Waals surface area contributed by atoms with E-state index in [0.29, 0.717) is 29.9 Å². The number of allylic oxidation sites excluding steroid dienone is 1. The molecule has 1 aliphatic carbocycles. The minimum atomic E-state index is -0.908. The number of pyridine rings is 1. The highest BCUT2D eigenvalue weighted by Crippen LogP contribution is 2.27. The molecule has 1 aliphatic rings. The van der Waals surface area contributed by atoms with Crippen LogP contribution >= 0.6 is 0 Å². The summed E-state index contributed by atoms with van der Waals surface area (Å²) in [5, 5.41) is 12.1. The zero-order valence-corrected chi connectivity index (χ0v) is 20.6. The van der Waals surface area contributed by atoms with Crippen LogP contribution in [0.1, 0.15) is 56.3 Å². The van der Waals surface area contributed by atoms with Crippen LogP contribution < -0.4 is 21.1 Å². The molecular weight excluding hydrogens is 466 g/mol. The number of rotatable bonds is 10. The molecule has 0 atom stereocenters. The molecule has 0 unspecified atom stereocenters. The Hall–Kier alpha value is -3.86. The van der Waals surface area contributed by atoms with Crippen molar-refractivity contribution in [3.63, 3.8) is 0 Å². The van der Waals surface area contributed by atoms with Crippen molar-refractivity contribution in [1.29, 1.82) is 0 Å². The highest BCUT2D eigenvalue weighted by molar-refractivity contribution is 5.64. The van der Waals surface area contributed by atoms with Gasteiger partial charge in [0.15, 0.2) is 0 Å². The van der Waals surface area contributed by atoms with E-state index < -0.39 is 11.1 Å². The van der Waals surface area contributed by atoms with Crippen molar-refractivity contribution in [3.8, 4) is 11.5 Å². The number of nitro groups is 1. The summed E-state index contributed by atoms with van der Waals surface area (Å²) in [7, 11) is 1.68. The summed E-state index contributed by atoms with van der Waals surface area (Å²) in [5.74, 6) is 6.92. The van der Waals surface area contributed by atoms with Crippen molar-refractivity contribution in [2.24, 2.45) is 11.6 Å². The van der Waals surface area contributed by atoms with Crippen LogP contribution in [0.15, 0.2) is 42.1 Å². The average Bonchev–Trinajstić information content (AvgIpc) is 2.85. The number of hydrogen-bond donors (Lipinski definition) is 2. The Kier molecular flexibility index (Phi) is 9.46. The number of hydrogen-bond acceptors (Lipinski definition) is 10. The van der Waals surface area contributed by atoms with Gasteiger partial charge in [0, 0.05) is 19.2 Å². The lowest BCUT2D eigenvalue weighted by atomic mass is 9.98. The monoisotopic (exact) mass is 499 g/mol. The van der Waals surface area contributed by atoms with Crippen LogP contribution in [0.3, 0.4) is 0 Å². The molecule has 1 saturated carbocycles. The number of aromatic nitrogens is 1. The van der Waals surface area contributed by atoms with Crippen LogP contribution in [0.2, 0.25) is 0 Å². The fourth-order valence-corrected chi connectivity index (χ4v) is 3.99. The summed E-state index contributed by atoms with van der Waals surface area (Å²) < 4.78 is 16.3. The fraction of sp³-hybridized carbons (Fsp3) is 0.440. The van der Waals surface area contributed by atoms with Gasteiger partial charge in [-0.05, 0) is 69.7 Å². The number of nitrogens with zero attached hydrogens (tertiary/aromatic N) is 3. The summed E-state index contributed by atoms with van der Waals surface area (Å²) >= 11 is 0. The molecule has 3 rings (SSSR count). The minimum Gasteiger partial charge on any atom is -0.489 e. The molecule has 0 radical (unpaired) electrons. The first-order valence-corrected chi connectivity index (χ1v) is 12.0. The Bertz CT molecular complexity index is 1080. The smallest absolute Gasteiger partial charge is 0.489 e. The van der Waals surface area contributed by atoms with E-state index in [9.17, 15) is 14.9 Å². The molecule has 0 amide bonds. The summed E-state index contributed by atoms with van der Waals surface area (Å²) in [6.07, 6.45) is 5.97. The number of hydrazine groups is 1. The first-order valence-electron chi connectivity index (χ1n) is 12.0. The first-order chi connectivity index (χ1) is 17.2. The molecule has 0 aliphatic heterocycles. The molecule has 1 fully saturated rings. The van der Waals surface area contributed by atoms with Gasteiger partial charge in [-0.2, -0.15) is 0 Å². The molecule has 2 aromatic rings. The van der Waals surface area contributed by atoms with Crippen LogP contribution in [0.25, 0.3) is 5.70 Å². The SMILES string of the molecule is Cc1nc(/C(N)=C(\CCCOC(=O)Oc2ccc([N+](=O)[O-])cc2)N(C)N)ccc1OC1CCCCC1. The van der Waals surface area contributed by atoms with E-state index in [0.717, 1.165) is 24.3 Å². The van der Waals surface area contributed by atoms with Gasteiger partial charge in [0.2, 0.25) is 0 Å². The fourth-order valence-electron chi connectivity index (χ4n) is 3.99. The van der Waals surface area contributed by atoms with Crippen molar-refractivity contribution >= 4 is 17.5 Å². The first kappa shape index (κ1) is 26.7. The predicted octanol–water partition coefficient (Wildman–Crippen LogP) is 4.44. The highest BCUT2D eigenvalue weighted by atomic mass is 16.7. The normalized spacial score (nSPS) is 14.5. The number of carbonyl (C=O) groups is 1. The number of ether oxygens (including phenoxy) is 3. The van der Waals surface area contributed by atoms with Crippen molar-refractivity contribution in [1.82, 2.24) is 9.99 Å². The number of carbonyl (C=O) groups excluding carboxylic acids is 1. The lowest BCUT2D eigenvalue weighted by Gasteiger charge is -2.24. The maximum atomic E-state index is 11.9. The number of nitro benzene ring substituents is 1. The van der Waals surface area contributed by atoms with E-state index in [1.54, 1.807) is 7.05 Å². The van der Waals surface area contributed by atoms with Crippen LogP contribution in [-0.2, 0) is 4.74 Å². The largest absolute Gasteiger partial charge is 0.513 e. The molecule has 4 N–H and O–H groups in total. The van der Waals surface area contributed by atoms with E-state index in [1.165, 1.54) is 48.5 Å². The highest BCUT2D eigenvalue weighted by Gasteiger charge is 2.18. The topological polar surface area (TPSA) is 156 Å². The third-order valence-electron chi connectivity index (χ3n) is 5.92. The van der Waals surface area contributed by atoms with Crippen LogP contribution in [0, 0.1) is 17.0 Å². The molecule has 1 aromatic heterocycles. The molecule has 1 aromatic carbocycles. The number of benzene rings is 1. The Morgan fingerprint density at radius 2 is 1.86 bits per heavy atom. The number of aryl methyl sites for hydroxylation is 1. The summed E-state index contributed by atoms with van der Waals surface area (Å²) in [4.78, 5) is 26.7. The standard InChI is InChI=1S/C25H33N5O6/c1-17-23(35-19-7-4-3-5-8-19)15-14-21(28-17)24(26)22(29(2)27)9-6-16-34-25(31)36-20-12-10-18(11-13-20)30(32)33/h10-15,19H,3-9,16,26-27H2,1-2H3/b24-22-. The molecule has 0 saturated heterocycles. The van der Waals surface area contributed by atoms with E-state index >= 15 is 0 Å². The Morgan fingerprint density at radius 3 is 2.47 bits per heavy atom. The van der Waals surface area contributed by atoms with Crippen molar-refractivity contribution < 1.29 is 23.9 Å². The van der Waals surface area contributed by atoms with Gasteiger partial charge in [-0.25, -0.2) is 15.6 Å². The average molecular weight is 500 g/mol. The number of nitrogens with two attached hydrogens (primary N) is 2. The van der Waals surface area contributed by atoms with Crippen molar-refractivity contribution in [2.75, 3.05) is 13.7 Å². The second-order valence-electron chi connectivity index (χ2n) is 8.68. The molecular formula is C25H33N5O6. The van der Waals surface area contributed by atoms with Crippen molar-refractivity contribution in [2.45, 2.75) is 58.0 Å². The van der Waals surface area contributed by atoms with Gasteiger partial charge >= 0.3 is 6.16 Å². The second-order valence-corrected chi connectivity index (χ2v) is 8.68. The molecule has 11 nitrogen and oxygen atoms in total. The van der Waals surface area contributed by atoms with Gasteiger partial charge in [0.25, 0.3) is 5.69 Å². The Balaban J connectivity index is 1.54. The molecule has 11 heteroatoms. The van der Waals surface area contributed by atoms with Gasteiger partial charge in [0.05, 0.1) is 40.4 Å². The summed E-state index contributed by atoms with van der Waals surface area (Å²) in [5.41, 5.74) is 8.73. The van der Waals surface area contributed by atoms with Crippen LogP contribution in [-0.4, -0.2) is 40.8 Å². The quantitative estimate of drug-likeness (QED) is 0.120. The van der Waals surface area contributed by atoms with Crippen LogP contribution in [0.4, 0.5) is 10.5 Å². The maximum Gasteiger partial charge on any atom is 0.513 e. The van der Waals surface area contributed by atoms with E-state index in [4.69, 9.17) is 25.8 Å². The lowest BCUT2D eigenvalue weighted by molar-refractivity contribution is -0.384. The van der Waals surface area contributed by atoms with E-state index in [2.05, 4.69) is 4.98 Å². The second kappa shape index (κ2) is 12.7. The molecule has 0 spiro atoms. The third kappa shape index (κ3) is 7.57. The zero-order valence-electron chi connectivity index (χ0n) is 20.6. The zero-order chi connectivity index (χ0) is 26.1. The molecule has 194 valence electrons. The van der Waals surface area contributed by atoms with E-state index in [1.807, 2.05) is 19.1 Å². The van der Waals surface area contributed by atoms with Crippen LogP contribution in [0.5, 0.6) is 11.5 Å². The maximum absolute atomic E-state index is 11.9. The Labute approximate surface area is 210 Å². The van der Waals surface area contributed by atoms with Gasteiger partial charge in [-0.15, -0.1) is 0 Å². The number of non-ortho nitro benzene ring substituents is 1. The van der Waals surface area contributed by atoms with E-state index in [-0.39, 0.29) is 24.1 Å². The molecule has 0 bridgehead atoms. The van der Waals surface area contributed by atoms with Gasteiger partial charge in [-0.3, -0.25) is 10.1 Å². The third-order valence-corrected chi connectivity index (χ3v) is 5.92.